The van der Waals surface area contributed by atoms with Crippen molar-refractivity contribution in [3.63, 3.8) is 0 Å². The van der Waals surface area contributed by atoms with E-state index in [1.807, 2.05) is 4.90 Å². The van der Waals surface area contributed by atoms with Gasteiger partial charge in [-0.3, -0.25) is 14.9 Å². The standard InChI is InChI=1S/C21H22FN3O3/c1-2-23-11-13-24(14-12-23)20-9-7-17(15-18(20)22)21(26)10-8-16-5-3-4-6-19(16)25(27)28/h3-10,15H,2,11-14H2,1H3/p+1/b10-8+. The van der Waals surface area contributed by atoms with Crippen molar-refractivity contribution in [2.75, 3.05) is 37.6 Å². The van der Waals surface area contributed by atoms with Crippen LogP contribution in [0.5, 0.6) is 0 Å². The van der Waals surface area contributed by atoms with E-state index in [0.29, 0.717) is 11.3 Å². The number of likely N-dealkylation sites (N-methyl/N-ethyl adjacent to an activating group) is 1. The van der Waals surface area contributed by atoms with Crippen LogP contribution in [0.15, 0.2) is 48.5 Å². The van der Waals surface area contributed by atoms with Gasteiger partial charge in [0.05, 0.1) is 48.9 Å². The number of anilines is 1. The van der Waals surface area contributed by atoms with Crippen molar-refractivity contribution in [3.8, 4) is 0 Å². The quantitative estimate of drug-likeness (QED) is 0.359. The molecule has 0 saturated carbocycles. The molecule has 1 aliphatic rings. The number of ketones is 1. The SMILES string of the molecule is CC[NH+]1CCN(c2ccc(C(=O)/C=C/c3ccccc3[N+](=O)[O-])cc2F)CC1. The summed E-state index contributed by atoms with van der Waals surface area (Å²) in [5.74, 6) is -0.825. The lowest BCUT2D eigenvalue weighted by atomic mass is 10.1. The number of nitro benzene ring substituents is 1. The van der Waals surface area contributed by atoms with E-state index in [0.717, 1.165) is 32.7 Å². The molecule has 1 heterocycles. The first-order valence-corrected chi connectivity index (χ1v) is 9.33. The second-order valence-corrected chi connectivity index (χ2v) is 6.77. The van der Waals surface area contributed by atoms with E-state index in [9.17, 15) is 19.3 Å². The Balaban J connectivity index is 1.73. The zero-order valence-electron chi connectivity index (χ0n) is 15.7. The number of hydrogen-bond donors (Lipinski definition) is 1. The topological polar surface area (TPSA) is 67.9 Å². The van der Waals surface area contributed by atoms with Gasteiger partial charge in [0.25, 0.3) is 5.69 Å². The first-order valence-electron chi connectivity index (χ1n) is 9.33. The van der Waals surface area contributed by atoms with Crippen LogP contribution in [-0.2, 0) is 0 Å². The van der Waals surface area contributed by atoms with Gasteiger partial charge < -0.3 is 9.80 Å². The van der Waals surface area contributed by atoms with Crippen molar-refractivity contribution in [2.45, 2.75) is 6.92 Å². The van der Waals surface area contributed by atoms with Crippen LogP contribution in [0, 0.1) is 15.9 Å². The summed E-state index contributed by atoms with van der Waals surface area (Å²) in [5, 5.41) is 11.0. The third kappa shape index (κ3) is 4.43. The largest absolute Gasteiger partial charge is 0.358 e. The molecule has 6 nitrogen and oxygen atoms in total. The average molecular weight is 384 g/mol. The number of nitro groups is 1. The predicted octanol–water partition coefficient (Wildman–Crippen LogP) is 2.35. The smallest absolute Gasteiger partial charge is 0.276 e. The van der Waals surface area contributed by atoms with Crippen molar-refractivity contribution in [1.29, 1.82) is 0 Å². The molecule has 3 rings (SSSR count). The molecule has 146 valence electrons. The second-order valence-electron chi connectivity index (χ2n) is 6.77. The van der Waals surface area contributed by atoms with Gasteiger partial charge in [-0.1, -0.05) is 12.1 Å². The maximum Gasteiger partial charge on any atom is 0.276 e. The summed E-state index contributed by atoms with van der Waals surface area (Å²) in [6, 6.07) is 10.6. The molecule has 7 heteroatoms. The van der Waals surface area contributed by atoms with Crippen LogP contribution in [0.2, 0.25) is 0 Å². The zero-order chi connectivity index (χ0) is 20.1. The second kappa shape index (κ2) is 8.75. The van der Waals surface area contributed by atoms with Gasteiger partial charge in [-0.15, -0.1) is 0 Å². The minimum absolute atomic E-state index is 0.0820. The number of nitrogens with zero attached hydrogens (tertiary/aromatic N) is 2. The van der Waals surface area contributed by atoms with Gasteiger partial charge >= 0.3 is 0 Å². The van der Waals surface area contributed by atoms with Crippen molar-refractivity contribution in [3.05, 3.63) is 75.6 Å². The molecule has 0 radical (unpaired) electrons. The summed E-state index contributed by atoms with van der Waals surface area (Å²) < 4.78 is 14.6. The number of hydrogen-bond acceptors (Lipinski definition) is 4. The highest BCUT2D eigenvalue weighted by atomic mass is 19.1. The third-order valence-corrected chi connectivity index (χ3v) is 5.09. The number of benzene rings is 2. The molecule has 0 aliphatic carbocycles. The Morgan fingerprint density at radius 2 is 1.96 bits per heavy atom. The van der Waals surface area contributed by atoms with Crippen molar-refractivity contribution < 1.29 is 19.0 Å². The fourth-order valence-electron chi connectivity index (χ4n) is 3.39. The predicted molar refractivity (Wildman–Crippen MR) is 106 cm³/mol. The van der Waals surface area contributed by atoms with Gasteiger partial charge in [0.1, 0.15) is 5.82 Å². The molecule has 2 aromatic rings. The number of para-hydroxylation sites is 1. The van der Waals surface area contributed by atoms with Crippen molar-refractivity contribution >= 4 is 23.2 Å². The lowest BCUT2D eigenvalue weighted by Crippen LogP contribution is -3.14. The van der Waals surface area contributed by atoms with Crippen molar-refractivity contribution in [1.82, 2.24) is 0 Å². The molecule has 0 aromatic heterocycles. The number of piperazine rings is 1. The molecular weight excluding hydrogens is 361 g/mol. The van der Waals surface area contributed by atoms with Gasteiger partial charge in [-0.05, 0) is 43.3 Å². The number of carbonyl (C=O) groups is 1. The minimum Gasteiger partial charge on any atom is -0.358 e. The number of nitrogens with one attached hydrogen (secondary N) is 1. The van der Waals surface area contributed by atoms with Crippen LogP contribution in [0.3, 0.4) is 0 Å². The summed E-state index contributed by atoms with van der Waals surface area (Å²) in [5.41, 5.74) is 0.971. The van der Waals surface area contributed by atoms with E-state index in [-0.39, 0.29) is 11.3 Å². The molecule has 0 bridgehead atoms. The van der Waals surface area contributed by atoms with Crippen LogP contribution >= 0.6 is 0 Å². The van der Waals surface area contributed by atoms with Gasteiger partial charge in [0, 0.05) is 11.6 Å². The Hall–Kier alpha value is -3.06. The number of quaternary nitrogens is 1. The lowest BCUT2D eigenvalue weighted by Gasteiger charge is -2.33. The molecule has 0 amide bonds. The van der Waals surface area contributed by atoms with E-state index in [4.69, 9.17) is 0 Å². The summed E-state index contributed by atoms with van der Waals surface area (Å²) in [6.07, 6.45) is 2.62. The molecular formula is C21H23FN3O3+. The number of rotatable bonds is 6. The maximum atomic E-state index is 14.6. The molecule has 28 heavy (non-hydrogen) atoms. The zero-order valence-corrected chi connectivity index (χ0v) is 15.7. The van der Waals surface area contributed by atoms with E-state index in [1.54, 1.807) is 30.3 Å². The Morgan fingerprint density at radius 1 is 1.25 bits per heavy atom. The molecule has 0 unspecified atom stereocenters. The monoisotopic (exact) mass is 384 g/mol. The maximum absolute atomic E-state index is 14.6. The Morgan fingerprint density at radius 3 is 2.61 bits per heavy atom. The highest BCUT2D eigenvalue weighted by molar-refractivity contribution is 6.07. The summed E-state index contributed by atoms with van der Waals surface area (Å²) >= 11 is 0. The summed E-state index contributed by atoms with van der Waals surface area (Å²) in [6.45, 7) is 6.71. The third-order valence-electron chi connectivity index (χ3n) is 5.09. The number of halogens is 1. The van der Waals surface area contributed by atoms with Crippen LogP contribution in [0.25, 0.3) is 6.08 Å². The Kier molecular flexibility index (Phi) is 6.16. The molecule has 0 atom stereocenters. The van der Waals surface area contributed by atoms with E-state index < -0.39 is 16.5 Å². The fraction of sp³-hybridized carbons (Fsp3) is 0.286. The molecule has 1 fully saturated rings. The van der Waals surface area contributed by atoms with Crippen LogP contribution in [0.4, 0.5) is 15.8 Å². The molecule has 1 aliphatic heterocycles. The first-order chi connectivity index (χ1) is 13.5. The summed E-state index contributed by atoms with van der Waals surface area (Å²) in [4.78, 5) is 26.4. The Bertz CT molecular complexity index is 906. The lowest BCUT2D eigenvalue weighted by molar-refractivity contribution is -0.898. The fourth-order valence-corrected chi connectivity index (χ4v) is 3.39. The highest BCUT2D eigenvalue weighted by Gasteiger charge is 2.21. The Labute approximate surface area is 163 Å². The molecule has 1 N–H and O–H groups in total. The van der Waals surface area contributed by atoms with Gasteiger partial charge in [-0.25, -0.2) is 4.39 Å². The number of allylic oxidation sites excluding steroid dienone is 1. The van der Waals surface area contributed by atoms with Crippen LogP contribution < -0.4 is 9.80 Å². The highest BCUT2D eigenvalue weighted by Crippen LogP contribution is 2.22. The van der Waals surface area contributed by atoms with Crippen molar-refractivity contribution in [2.24, 2.45) is 0 Å². The first kappa shape index (κ1) is 19.7. The summed E-state index contributed by atoms with van der Waals surface area (Å²) in [7, 11) is 0. The van der Waals surface area contributed by atoms with E-state index >= 15 is 0 Å². The van der Waals surface area contributed by atoms with E-state index in [2.05, 4.69) is 6.92 Å². The molecule has 2 aromatic carbocycles. The van der Waals surface area contributed by atoms with Crippen LogP contribution in [0.1, 0.15) is 22.8 Å². The van der Waals surface area contributed by atoms with E-state index in [1.165, 1.54) is 29.2 Å². The van der Waals surface area contributed by atoms with Gasteiger partial charge in [0.15, 0.2) is 5.78 Å². The average Bonchev–Trinajstić information content (AvgIpc) is 2.72. The van der Waals surface area contributed by atoms with Gasteiger partial charge in [-0.2, -0.15) is 0 Å². The molecule has 0 spiro atoms. The van der Waals surface area contributed by atoms with Crippen LogP contribution in [-0.4, -0.2) is 43.4 Å². The molecule has 1 saturated heterocycles. The minimum atomic E-state index is -0.501. The van der Waals surface area contributed by atoms with Gasteiger partial charge in [0.2, 0.25) is 0 Å². The number of carbonyl (C=O) groups excluding carboxylic acids is 1. The normalized spacial score (nSPS) is 15.1.